The predicted octanol–water partition coefficient (Wildman–Crippen LogP) is 1.23. The molecule has 0 saturated carbocycles. The fourth-order valence-corrected chi connectivity index (χ4v) is 1.27. The zero-order chi connectivity index (χ0) is 10.6. The third-order valence-electron chi connectivity index (χ3n) is 1.80. The average molecular weight is 216 g/mol. The van der Waals surface area contributed by atoms with Crippen LogP contribution in [0.4, 0.5) is 0 Å². The lowest BCUT2D eigenvalue weighted by molar-refractivity contribution is -0.150. The lowest BCUT2D eigenvalue weighted by Crippen LogP contribution is -2.29. The van der Waals surface area contributed by atoms with Gasteiger partial charge in [0.15, 0.2) is 6.10 Å². The van der Waals surface area contributed by atoms with E-state index in [1.54, 1.807) is 24.3 Å². The number of benzene rings is 1. The van der Waals surface area contributed by atoms with Gasteiger partial charge in [-0.1, -0.05) is 29.8 Å². The Bertz CT molecular complexity index is 330. The minimum Gasteiger partial charge on any atom is -0.479 e. The maximum atomic E-state index is 10.6. The highest BCUT2D eigenvalue weighted by molar-refractivity contribution is 6.31. The van der Waals surface area contributed by atoms with Gasteiger partial charge in [-0.25, -0.2) is 10.7 Å². The standard InChI is InChI=1S/C9H10ClNO3/c10-7-4-2-1-3-6(7)5-8(14-11)9(12)13/h1-4,8H,5,11H2,(H,12,13). The van der Waals surface area contributed by atoms with E-state index in [0.717, 1.165) is 0 Å². The molecule has 1 rings (SSSR count). The number of carboxylic acid groups (broad SMARTS) is 1. The molecule has 0 aliphatic rings. The summed E-state index contributed by atoms with van der Waals surface area (Å²) in [6, 6.07) is 6.96. The summed E-state index contributed by atoms with van der Waals surface area (Å²) in [6.45, 7) is 0. The maximum absolute atomic E-state index is 10.6. The first kappa shape index (κ1) is 11.0. The van der Waals surface area contributed by atoms with E-state index in [-0.39, 0.29) is 6.42 Å². The first-order chi connectivity index (χ1) is 6.65. The van der Waals surface area contributed by atoms with Crippen LogP contribution in [0.5, 0.6) is 0 Å². The van der Waals surface area contributed by atoms with Crippen LogP contribution in [-0.2, 0) is 16.1 Å². The highest BCUT2D eigenvalue weighted by Crippen LogP contribution is 2.17. The Morgan fingerprint density at radius 1 is 1.57 bits per heavy atom. The first-order valence-electron chi connectivity index (χ1n) is 3.97. The zero-order valence-electron chi connectivity index (χ0n) is 7.31. The van der Waals surface area contributed by atoms with Crippen molar-refractivity contribution in [3.63, 3.8) is 0 Å². The summed E-state index contributed by atoms with van der Waals surface area (Å²) in [6.07, 6.45) is -0.902. The number of hydrogen-bond donors (Lipinski definition) is 2. The molecular weight excluding hydrogens is 206 g/mol. The molecule has 1 aromatic carbocycles. The van der Waals surface area contributed by atoms with Crippen LogP contribution in [0.25, 0.3) is 0 Å². The largest absolute Gasteiger partial charge is 0.479 e. The topological polar surface area (TPSA) is 72.5 Å². The second-order valence-electron chi connectivity index (χ2n) is 2.76. The number of carboxylic acids is 1. The third-order valence-corrected chi connectivity index (χ3v) is 2.17. The summed E-state index contributed by atoms with van der Waals surface area (Å²) >= 11 is 5.84. The van der Waals surface area contributed by atoms with Gasteiger partial charge in [-0.2, -0.15) is 0 Å². The van der Waals surface area contributed by atoms with Gasteiger partial charge in [0.05, 0.1) is 0 Å². The third kappa shape index (κ3) is 2.70. The van der Waals surface area contributed by atoms with Crippen LogP contribution in [0.2, 0.25) is 5.02 Å². The second-order valence-corrected chi connectivity index (χ2v) is 3.17. The Labute approximate surface area is 86.2 Å². The Kier molecular flexibility index (Phi) is 3.88. The number of carbonyl (C=O) groups is 1. The van der Waals surface area contributed by atoms with Gasteiger partial charge in [0, 0.05) is 11.4 Å². The highest BCUT2D eigenvalue weighted by Gasteiger charge is 2.18. The summed E-state index contributed by atoms with van der Waals surface area (Å²) in [4.78, 5) is 14.9. The highest BCUT2D eigenvalue weighted by atomic mass is 35.5. The molecule has 14 heavy (non-hydrogen) atoms. The number of rotatable bonds is 4. The molecule has 76 valence electrons. The van der Waals surface area contributed by atoms with Crippen LogP contribution in [0, 0.1) is 0 Å². The molecule has 5 heteroatoms. The molecule has 4 nitrogen and oxygen atoms in total. The Morgan fingerprint density at radius 2 is 2.21 bits per heavy atom. The minimum absolute atomic E-state index is 0.158. The Morgan fingerprint density at radius 3 is 2.71 bits per heavy atom. The molecule has 0 heterocycles. The fraction of sp³-hybridized carbons (Fsp3) is 0.222. The van der Waals surface area contributed by atoms with E-state index in [1.807, 2.05) is 0 Å². The molecule has 0 aliphatic carbocycles. The SMILES string of the molecule is NOC(Cc1ccccc1Cl)C(=O)O. The quantitative estimate of drug-likeness (QED) is 0.741. The van der Waals surface area contributed by atoms with E-state index in [2.05, 4.69) is 4.84 Å². The fourth-order valence-electron chi connectivity index (χ4n) is 1.06. The van der Waals surface area contributed by atoms with Crippen molar-refractivity contribution >= 4 is 17.6 Å². The monoisotopic (exact) mass is 215 g/mol. The lowest BCUT2D eigenvalue weighted by Gasteiger charge is -2.10. The van der Waals surface area contributed by atoms with Crippen molar-refractivity contribution in [3.8, 4) is 0 Å². The van der Waals surface area contributed by atoms with Gasteiger partial charge < -0.3 is 5.11 Å². The van der Waals surface area contributed by atoms with Crippen LogP contribution < -0.4 is 5.90 Å². The Balaban J connectivity index is 2.77. The van der Waals surface area contributed by atoms with Crippen LogP contribution in [0.1, 0.15) is 5.56 Å². The summed E-state index contributed by atoms with van der Waals surface area (Å²) in [5.74, 6) is 3.74. The van der Waals surface area contributed by atoms with E-state index >= 15 is 0 Å². The first-order valence-corrected chi connectivity index (χ1v) is 4.34. The Hall–Kier alpha value is -1.10. The smallest absolute Gasteiger partial charge is 0.335 e. The summed E-state index contributed by atoms with van der Waals surface area (Å²) in [7, 11) is 0. The van der Waals surface area contributed by atoms with E-state index in [1.165, 1.54) is 0 Å². The molecule has 1 aromatic rings. The molecule has 1 unspecified atom stereocenters. The van der Waals surface area contributed by atoms with Gasteiger partial charge in [-0.05, 0) is 11.6 Å². The number of aliphatic carboxylic acids is 1. The van der Waals surface area contributed by atoms with Gasteiger partial charge in [0.25, 0.3) is 0 Å². The molecule has 0 aromatic heterocycles. The van der Waals surface area contributed by atoms with Crippen LogP contribution in [0.15, 0.2) is 24.3 Å². The maximum Gasteiger partial charge on any atom is 0.335 e. The second kappa shape index (κ2) is 4.95. The van der Waals surface area contributed by atoms with Crippen molar-refractivity contribution in [2.45, 2.75) is 12.5 Å². The van der Waals surface area contributed by atoms with Crippen LogP contribution in [0.3, 0.4) is 0 Å². The van der Waals surface area contributed by atoms with E-state index in [9.17, 15) is 4.79 Å². The predicted molar refractivity (Wildman–Crippen MR) is 51.9 cm³/mol. The van der Waals surface area contributed by atoms with Gasteiger partial charge in [0.2, 0.25) is 0 Å². The molecule has 0 radical (unpaired) electrons. The van der Waals surface area contributed by atoms with Gasteiger partial charge >= 0.3 is 5.97 Å². The molecule has 3 N–H and O–H groups in total. The normalized spacial score (nSPS) is 12.4. The molecule has 1 atom stereocenters. The molecule has 0 bridgehead atoms. The van der Waals surface area contributed by atoms with Crippen molar-refractivity contribution < 1.29 is 14.7 Å². The average Bonchev–Trinajstić information content (AvgIpc) is 2.16. The van der Waals surface area contributed by atoms with Crippen molar-refractivity contribution in [1.29, 1.82) is 0 Å². The van der Waals surface area contributed by atoms with Crippen molar-refractivity contribution in [3.05, 3.63) is 34.9 Å². The molecule has 0 saturated heterocycles. The zero-order valence-corrected chi connectivity index (χ0v) is 8.07. The summed E-state index contributed by atoms with van der Waals surface area (Å²) < 4.78 is 0. The van der Waals surface area contributed by atoms with E-state index in [0.29, 0.717) is 10.6 Å². The van der Waals surface area contributed by atoms with Crippen molar-refractivity contribution in [2.24, 2.45) is 5.90 Å². The van der Waals surface area contributed by atoms with E-state index < -0.39 is 12.1 Å². The summed E-state index contributed by atoms with van der Waals surface area (Å²) in [5.41, 5.74) is 0.701. The van der Waals surface area contributed by atoms with Crippen LogP contribution in [-0.4, -0.2) is 17.2 Å². The van der Waals surface area contributed by atoms with Crippen LogP contribution >= 0.6 is 11.6 Å². The molecule has 0 amide bonds. The van der Waals surface area contributed by atoms with Crippen molar-refractivity contribution in [2.75, 3.05) is 0 Å². The van der Waals surface area contributed by atoms with Gasteiger partial charge in [-0.15, -0.1) is 0 Å². The van der Waals surface area contributed by atoms with Gasteiger partial charge in [-0.3, -0.25) is 4.84 Å². The molecular formula is C9H10ClNO3. The number of nitrogens with two attached hydrogens (primary N) is 1. The molecule has 0 aliphatic heterocycles. The van der Waals surface area contributed by atoms with E-state index in [4.69, 9.17) is 22.6 Å². The van der Waals surface area contributed by atoms with Gasteiger partial charge in [0.1, 0.15) is 0 Å². The lowest BCUT2D eigenvalue weighted by atomic mass is 10.1. The number of halogens is 1. The number of hydrogen-bond acceptors (Lipinski definition) is 3. The van der Waals surface area contributed by atoms with Crippen molar-refractivity contribution in [1.82, 2.24) is 0 Å². The molecule has 0 fully saturated rings. The summed E-state index contributed by atoms with van der Waals surface area (Å²) in [5, 5.41) is 9.19. The molecule has 0 spiro atoms. The minimum atomic E-state index is -1.10.